The van der Waals surface area contributed by atoms with E-state index in [-0.39, 0.29) is 19.1 Å². The molecule has 3 atom stereocenters. The second-order valence-corrected chi connectivity index (χ2v) is 17.9. The number of carbonyl (C=O) groups is 1. The average molecular weight is 772 g/mol. The minimum atomic E-state index is -4.34. The molecule has 53 heavy (non-hydrogen) atoms. The number of likely N-dealkylation sites (N-methyl/N-ethyl adjacent to an activating group) is 1. The fourth-order valence-corrected chi connectivity index (χ4v) is 7.07. The molecule has 3 N–H and O–H groups in total. The number of aliphatic hydroxyl groups is 1. The van der Waals surface area contributed by atoms with Gasteiger partial charge < -0.3 is 19.8 Å². The van der Waals surface area contributed by atoms with E-state index in [0.29, 0.717) is 17.4 Å². The lowest BCUT2D eigenvalue weighted by atomic mass is 10.0. The van der Waals surface area contributed by atoms with Crippen molar-refractivity contribution in [2.45, 2.75) is 212 Å². The number of phosphoric acid groups is 1. The van der Waals surface area contributed by atoms with Gasteiger partial charge >= 0.3 is 7.82 Å². The number of amides is 1. The molecule has 9 heteroatoms. The Labute approximate surface area is 328 Å². The fourth-order valence-electron chi connectivity index (χ4n) is 6.33. The van der Waals surface area contributed by atoms with Crippen LogP contribution in [0.2, 0.25) is 0 Å². The molecule has 0 bridgehead atoms. The Morgan fingerprint density at radius 3 is 1.45 bits per heavy atom. The molecule has 0 aliphatic heterocycles. The van der Waals surface area contributed by atoms with Gasteiger partial charge in [0.1, 0.15) is 13.2 Å². The van der Waals surface area contributed by atoms with Crippen molar-refractivity contribution in [3.05, 3.63) is 24.3 Å². The molecule has 0 saturated carbocycles. The van der Waals surface area contributed by atoms with Crippen LogP contribution in [-0.2, 0) is 18.4 Å². The summed E-state index contributed by atoms with van der Waals surface area (Å²) in [5.41, 5.74) is 0. The van der Waals surface area contributed by atoms with Gasteiger partial charge in [-0.1, -0.05) is 173 Å². The van der Waals surface area contributed by atoms with Gasteiger partial charge in [0.05, 0.1) is 39.9 Å². The summed E-state index contributed by atoms with van der Waals surface area (Å²) in [6, 6.07) is -0.850. The first kappa shape index (κ1) is 52.0. The summed E-state index contributed by atoms with van der Waals surface area (Å²) >= 11 is 0. The predicted molar refractivity (Wildman–Crippen MR) is 226 cm³/mol. The van der Waals surface area contributed by atoms with E-state index in [4.69, 9.17) is 9.05 Å². The van der Waals surface area contributed by atoms with Crippen molar-refractivity contribution in [3.63, 3.8) is 0 Å². The molecule has 0 heterocycles. The zero-order valence-electron chi connectivity index (χ0n) is 35.5. The van der Waals surface area contributed by atoms with E-state index in [0.717, 1.165) is 51.4 Å². The lowest BCUT2D eigenvalue weighted by molar-refractivity contribution is -0.870. The molecule has 0 aliphatic rings. The highest BCUT2D eigenvalue weighted by molar-refractivity contribution is 7.47. The summed E-state index contributed by atoms with van der Waals surface area (Å²) in [4.78, 5) is 23.1. The summed E-state index contributed by atoms with van der Waals surface area (Å²) in [6.45, 7) is 4.80. The summed E-state index contributed by atoms with van der Waals surface area (Å²) < 4.78 is 23.5. The molecule has 0 aliphatic carbocycles. The van der Waals surface area contributed by atoms with E-state index in [1.54, 1.807) is 6.08 Å². The van der Waals surface area contributed by atoms with Crippen LogP contribution >= 0.6 is 7.82 Å². The standard InChI is InChI=1S/C44H87N2O6P/c1-6-8-10-12-14-16-18-20-21-22-23-24-26-27-29-31-33-35-37-43(47)42(41-52-53(49,50)51-40-39-46(3,4)5)45-44(48)38-36-34-32-30-28-25-19-17-15-13-11-9-7-2/h25,28,35,37,42-43,47H,6-24,26-27,29-34,36,38-41H2,1-5H3,(H-,45,48,49,50)/p+1/b28-25-,37-35+. The molecule has 0 aromatic heterocycles. The third-order valence-corrected chi connectivity index (χ3v) is 10.9. The number of hydrogen-bond acceptors (Lipinski definition) is 5. The van der Waals surface area contributed by atoms with E-state index in [1.807, 2.05) is 27.2 Å². The SMILES string of the molecule is CCCCCCCC/C=C\CCCCCC(=O)NC(COP(=O)(O)OCC[N+](C)(C)C)C(O)/C=C/CCCCCCCCCCCCCCCCCC. The second-order valence-electron chi connectivity index (χ2n) is 16.4. The van der Waals surface area contributed by atoms with Crippen LogP contribution in [-0.4, -0.2) is 73.4 Å². The summed E-state index contributed by atoms with van der Waals surface area (Å²) in [5.74, 6) is -0.193. The summed E-state index contributed by atoms with van der Waals surface area (Å²) in [7, 11) is 1.57. The minimum Gasteiger partial charge on any atom is -0.387 e. The molecule has 8 nitrogen and oxygen atoms in total. The van der Waals surface area contributed by atoms with Crippen molar-refractivity contribution < 1.29 is 32.9 Å². The van der Waals surface area contributed by atoms with Crippen LogP contribution in [0, 0.1) is 0 Å². The second kappa shape index (κ2) is 36.6. The van der Waals surface area contributed by atoms with Crippen molar-refractivity contribution >= 4 is 13.7 Å². The van der Waals surface area contributed by atoms with Crippen molar-refractivity contribution in [1.82, 2.24) is 5.32 Å². The van der Waals surface area contributed by atoms with Gasteiger partial charge in [0.25, 0.3) is 0 Å². The number of rotatable bonds is 40. The maximum Gasteiger partial charge on any atom is 0.472 e. The Hall–Kier alpha value is -1.02. The zero-order valence-corrected chi connectivity index (χ0v) is 36.4. The Balaban J connectivity index is 4.43. The van der Waals surface area contributed by atoms with E-state index >= 15 is 0 Å². The number of nitrogens with one attached hydrogen (secondary N) is 1. The largest absolute Gasteiger partial charge is 0.472 e. The summed E-state index contributed by atoms with van der Waals surface area (Å²) in [6.07, 6.45) is 42.4. The van der Waals surface area contributed by atoms with Crippen molar-refractivity contribution in [1.29, 1.82) is 0 Å². The maximum atomic E-state index is 12.8. The van der Waals surface area contributed by atoms with Crippen LogP contribution in [0.3, 0.4) is 0 Å². The van der Waals surface area contributed by atoms with Gasteiger partial charge in [-0.05, 0) is 44.9 Å². The van der Waals surface area contributed by atoms with Gasteiger partial charge in [-0.2, -0.15) is 0 Å². The lowest BCUT2D eigenvalue weighted by Crippen LogP contribution is -2.45. The van der Waals surface area contributed by atoms with Gasteiger partial charge in [0.2, 0.25) is 5.91 Å². The molecule has 0 spiro atoms. The van der Waals surface area contributed by atoms with Gasteiger partial charge in [0, 0.05) is 6.42 Å². The molecule has 0 fully saturated rings. The number of carbonyl (C=O) groups excluding carboxylic acids is 1. The van der Waals surface area contributed by atoms with E-state index in [2.05, 4.69) is 31.3 Å². The highest BCUT2D eigenvalue weighted by Crippen LogP contribution is 2.43. The van der Waals surface area contributed by atoms with Crippen molar-refractivity contribution in [3.8, 4) is 0 Å². The number of hydrogen-bond donors (Lipinski definition) is 3. The molecule has 1 amide bonds. The van der Waals surface area contributed by atoms with Gasteiger partial charge in [-0.25, -0.2) is 4.57 Å². The Bertz CT molecular complexity index is 922. The molecule has 3 unspecified atom stereocenters. The maximum absolute atomic E-state index is 12.8. The number of nitrogens with zero attached hydrogens (tertiary/aromatic N) is 1. The lowest BCUT2D eigenvalue weighted by Gasteiger charge is -2.25. The number of unbranched alkanes of at least 4 members (excludes halogenated alkanes) is 25. The van der Waals surface area contributed by atoms with E-state index in [9.17, 15) is 19.4 Å². The highest BCUT2D eigenvalue weighted by Gasteiger charge is 2.27. The van der Waals surface area contributed by atoms with Crippen LogP contribution in [0.1, 0.15) is 200 Å². The van der Waals surface area contributed by atoms with E-state index < -0.39 is 20.0 Å². The third kappa shape index (κ3) is 39.0. The molecule has 314 valence electrons. The molecule has 0 saturated heterocycles. The quantitative estimate of drug-likeness (QED) is 0.0248. The van der Waals surface area contributed by atoms with Crippen molar-refractivity contribution in [2.75, 3.05) is 40.9 Å². The fraction of sp³-hybridized carbons (Fsp3) is 0.886. The predicted octanol–water partition coefficient (Wildman–Crippen LogP) is 12.1. The van der Waals surface area contributed by atoms with E-state index in [1.165, 1.54) is 128 Å². The number of allylic oxidation sites excluding steroid dienone is 3. The van der Waals surface area contributed by atoms with Crippen LogP contribution < -0.4 is 5.32 Å². The van der Waals surface area contributed by atoms with Crippen molar-refractivity contribution in [2.24, 2.45) is 0 Å². The highest BCUT2D eigenvalue weighted by atomic mass is 31.2. The van der Waals surface area contributed by atoms with Gasteiger partial charge in [0.15, 0.2) is 0 Å². The Morgan fingerprint density at radius 2 is 1.02 bits per heavy atom. The zero-order chi connectivity index (χ0) is 39.3. The normalized spacial score (nSPS) is 14.6. The van der Waals surface area contributed by atoms with Gasteiger partial charge in [-0.3, -0.25) is 13.8 Å². The molecule has 0 aromatic rings. The van der Waals surface area contributed by atoms with Crippen LogP contribution in [0.25, 0.3) is 0 Å². The number of quaternary nitrogens is 1. The summed E-state index contributed by atoms with van der Waals surface area (Å²) in [5, 5.41) is 13.8. The molecule has 0 radical (unpaired) electrons. The van der Waals surface area contributed by atoms with Gasteiger partial charge in [-0.15, -0.1) is 0 Å². The molecular weight excluding hydrogens is 683 g/mol. The van der Waals surface area contributed by atoms with Crippen LogP contribution in [0.4, 0.5) is 0 Å². The first-order valence-electron chi connectivity index (χ1n) is 22.2. The monoisotopic (exact) mass is 772 g/mol. The number of aliphatic hydroxyl groups excluding tert-OH is 1. The molecule has 0 aromatic carbocycles. The minimum absolute atomic E-state index is 0.0598. The van der Waals surface area contributed by atoms with Crippen LogP contribution in [0.15, 0.2) is 24.3 Å². The smallest absolute Gasteiger partial charge is 0.387 e. The molecule has 0 rings (SSSR count). The Kier molecular flexibility index (Phi) is 35.9. The Morgan fingerprint density at radius 1 is 0.623 bits per heavy atom. The molecular formula is C44H88N2O6P+. The number of phosphoric ester groups is 1. The average Bonchev–Trinajstić information content (AvgIpc) is 3.10. The third-order valence-electron chi connectivity index (χ3n) is 9.92. The topological polar surface area (TPSA) is 105 Å². The first-order chi connectivity index (χ1) is 25.5. The first-order valence-corrected chi connectivity index (χ1v) is 23.7. The van der Waals surface area contributed by atoms with Crippen LogP contribution in [0.5, 0.6) is 0 Å².